The molecule has 1 atom stereocenters. The maximum Gasteiger partial charge on any atom is 0.255 e. The van der Waals surface area contributed by atoms with Crippen LogP contribution in [0.1, 0.15) is 29.6 Å². The summed E-state index contributed by atoms with van der Waals surface area (Å²) in [6, 6.07) is 7.74. The molecule has 138 valence electrons. The van der Waals surface area contributed by atoms with Gasteiger partial charge in [0.15, 0.2) is 0 Å². The fourth-order valence-corrected chi connectivity index (χ4v) is 3.24. The number of H-pyrrole nitrogens is 1. The summed E-state index contributed by atoms with van der Waals surface area (Å²) >= 11 is 0. The molecule has 0 radical (unpaired) electrons. The molecule has 1 aromatic carbocycles. The predicted octanol–water partition coefficient (Wildman–Crippen LogP) is 1.66. The Morgan fingerprint density at radius 1 is 1.50 bits per heavy atom. The number of hydrogen-bond acceptors (Lipinski definition) is 5. The lowest BCUT2D eigenvalue weighted by Crippen LogP contribution is -2.44. The third kappa shape index (κ3) is 4.20. The Bertz CT molecular complexity index is 858. The molecule has 6 nitrogen and oxygen atoms in total. The van der Waals surface area contributed by atoms with Gasteiger partial charge in [-0.25, -0.2) is 4.98 Å². The molecule has 2 heterocycles. The van der Waals surface area contributed by atoms with Crippen molar-refractivity contribution >= 4 is 0 Å². The number of fused-ring (bicyclic) bond motifs is 1. The molecule has 2 N–H and O–H groups in total. The summed E-state index contributed by atoms with van der Waals surface area (Å²) in [5.41, 5.74) is 1.50. The fourth-order valence-electron chi connectivity index (χ4n) is 3.24. The molecule has 0 unspecified atom stereocenters. The van der Waals surface area contributed by atoms with Crippen molar-refractivity contribution in [3.05, 3.63) is 69.9 Å². The number of aliphatic hydroxyl groups is 1. The molecule has 26 heavy (non-hydrogen) atoms. The van der Waals surface area contributed by atoms with Crippen molar-refractivity contribution in [2.24, 2.45) is 0 Å². The van der Waals surface area contributed by atoms with Crippen molar-refractivity contribution in [3.63, 3.8) is 0 Å². The summed E-state index contributed by atoms with van der Waals surface area (Å²) < 4.78 is 5.24. The van der Waals surface area contributed by atoms with Crippen LogP contribution in [0.3, 0.4) is 0 Å². The van der Waals surface area contributed by atoms with Crippen molar-refractivity contribution in [2.45, 2.75) is 31.9 Å². The maximum absolute atomic E-state index is 12.5. The molecule has 0 saturated heterocycles. The summed E-state index contributed by atoms with van der Waals surface area (Å²) in [6.07, 6.45) is 2.77. The fraction of sp³-hybridized carbons (Fsp3) is 0.400. The summed E-state index contributed by atoms with van der Waals surface area (Å²) in [5.74, 6) is 1.45. The number of hydrogen-bond donors (Lipinski definition) is 2. The Morgan fingerprint density at radius 2 is 2.31 bits per heavy atom. The van der Waals surface area contributed by atoms with E-state index in [-0.39, 0.29) is 5.56 Å². The van der Waals surface area contributed by atoms with Crippen LogP contribution in [0.2, 0.25) is 0 Å². The van der Waals surface area contributed by atoms with Crippen LogP contribution in [-0.2, 0) is 19.4 Å². The molecule has 0 fully saturated rings. The van der Waals surface area contributed by atoms with Gasteiger partial charge in [0.05, 0.1) is 24.0 Å². The zero-order valence-corrected chi connectivity index (χ0v) is 15.3. The molecule has 2 aromatic rings. The van der Waals surface area contributed by atoms with E-state index in [0.717, 1.165) is 23.6 Å². The van der Waals surface area contributed by atoms with Crippen molar-refractivity contribution in [3.8, 4) is 5.75 Å². The number of rotatable bonds is 6. The topological polar surface area (TPSA) is 78.5 Å². The standard InChI is InChI=1S/C20H25N3O3/c1-4-20(2,25)13-23-9-8-17-16(12-23)19(24)22-18(21-17)11-14-6-5-7-15(10-14)26-3/h4-7,10,25H,1,8-9,11-13H2,2-3H3,(H,21,22,24)/t20-/m1/s1. The van der Waals surface area contributed by atoms with Crippen LogP contribution in [0.15, 0.2) is 41.7 Å². The second kappa shape index (κ2) is 7.43. The number of nitrogens with zero attached hydrogens (tertiary/aromatic N) is 2. The quantitative estimate of drug-likeness (QED) is 0.771. The van der Waals surface area contributed by atoms with Gasteiger partial charge in [-0.15, -0.1) is 6.58 Å². The van der Waals surface area contributed by atoms with Crippen molar-refractivity contribution < 1.29 is 9.84 Å². The van der Waals surface area contributed by atoms with Crippen LogP contribution in [0.4, 0.5) is 0 Å². The minimum atomic E-state index is -0.968. The highest BCUT2D eigenvalue weighted by atomic mass is 16.5. The monoisotopic (exact) mass is 355 g/mol. The zero-order valence-electron chi connectivity index (χ0n) is 15.3. The van der Waals surface area contributed by atoms with Crippen LogP contribution in [0.5, 0.6) is 5.75 Å². The summed E-state index contributed by atoms with van der Waals surface area (Å²) in [4.78, 5) is 22.2. The third-order valence-electron chi connectivity index (χ3n) is 4.69. The Balaban J connectivity index is 1.79. The Hall–Kier alpha value is -2.44. The van der Waals surface area contributed by atoms with Crippen molar-refractivity contribution in [1.29, 1.82) is 0 Å². The number of methoxy groups -OCH3 is 1. The minimum Gasteiger partial charge on any atom is -0.497 e. The molecule has 1 aromatic heterocycles. The second-order valence-corrected chi connectivity index (χ2v) is 6.99. The normalized spacial score (nSPS) is 16.6. The largest absolute Gasteiger partial charge is 0.497 e. The van der Waals surface area contributed by atoms with Gasteiger partial charge in [-0.3, -0.25) is 9.69 Å². The molecule has 1 aliphatic heterocycles. The smallest absolute Gasteiger partial charge is 0.255 e. The van der Waals surface area contributed by atoms with E-state index in [0.29, 0.717) is 37.3 Å². The molecular weight excluding hydrogens is 330 g/mol. The maximum atomic E-state index is 12.5. The van der Waals surface area contributed by atoms with E-state index in [2.05, 4.69) is 21.4 Å². The SMILES string of the molecule is C=C[C@@](C)(O)CN1CCc2nc(Cc3cccc(OC)c3)[nH]c(=O)c2C1. The number of aromatic amines is 1. The van der Waals surface area contributed by atoms with E-state index in [1.54, 1.807) is 14.0 Å². The molecule has 0 aliphatic carbocycles. The molecule has 0 amide bonds. The molecule has 0 bridgehead atoms. The van der Waals surface area contributed by atoms with Crippen LogP contribution in [0, 0.1) is 0 Å². The van der Waals surface area contributed by atoms with Crippen molar-refractivity contribution in [1.82, 2.24) is 14.9 Å². The van der Waals surface area contributed by atoms with E-state index in [1.807, 2.05) is 24.3 Å². The first-order valence-corrected chi connectivity index (χ1v) is 8.72. The van der Waals surface area contributed by atoms with E-state index in [4.69, 9.17) is 4.74 Å². The zero-order chi connectivity index (χ0) is 18.7. The highest BCUT2D eigenvalue weighted by Crippen LogP contribution is 2.19. The Labute approximate surface area is 153 Å². The highest BCUT2D eigenvalue weighted by molar-refractivity contribution is 5.31. The van der Waals surface area contributed by atoms with Gasteiger partial charge in [0.1, 0.15) is 11.6 Å². The Morgan fingerprint density at radius 3 is 3.04 bits per heavy atom. The molecule has 0 spiro atoms. The van der Waals surface area contributed by atoms with E-state index in [9.17, 15) is 9.90 Å². The van der Waals surface area contributed by atoms with Gasteiger partial charge in [-0.1, -0.05) is 18.2 Å². The first-order chi connectivity index (χ1) is 12.4. The molecular formula is C20H25N3O3. The molecule has 3 rings (SSSR count). The lowest BCUT2D eigenvalue weighted by Gasteiger charge is -2.32. The van der Waals surface area contributed by atoms with Crippen LogP contribution >= 0.6 is 0 Å². The van der Waals surface area contributed by atoms with E-state index >= 15 is 0 Å². The third-order valence-corrected chi connectivity index (χ3v) is 4.69. The number of aromatic nitrogens is 2. The number of ether oxygens (including phenoxy) is 1. The lowest BCUT2D eigenvalue weighted by atomic mass is 10.0. The van der Waals surface area contributed by atoms with E-state index < -0.39 is 5.60 Å². The van der Waals surface area contributed by atoms with Crippen LogP contribution < -0.4 is 10.3 Å². The van der Waals surface area contributed by atoms with E-state index in [1.165, 1.54) is 6.08 Å². The van der Waals surface area contributed by atoms with Crippen LogP contribution in [-0.4, -0.2) is 45.8 Å². The average Bonchev–Trinajstić information content (AvgIpc) is 2.62. The minimum absolute atomic E-state index is 0.101. The van der Waals surface area contributed by atoms with Gasteiger partial charge in [0.2, 0.25) is 0 Å². The Kier molecular flexibility index (Phi) is 5.25. The van der Waals surface area contributed by atoms with Gasteiger partial charge >= 0.3 is 0 Å². The van der Waals surface area contributed by atoms with Gasteiger partial charge in [-0.2, -0.15) is 0 Å². The predicted molar refractivity (Wildman–Crippen MR) is 100 cm³/mol. The average molecular weight is 355 g/mol. The van der Waals surface area contributed by atoms with Gasteiger partial charge in [0, 0.05) is 32.5 Å². The van der Waals surface area contributed by atoms with Crippen LogP contribution in [0.25, 0.3) is 0 Å². The first-order valence-electron chi connectivity index (χ1n) is 8.72. The lowest BCUT2D eigenvalue weighted by molar-refractivity contribution is 0.0561. The molecule has 1 aliphatic rings. The summed E-state index contributed by atoms with van der Waals surface area (Å²) in [7, 11) is 1.63. The highest BCUT2D eigenvalue weighted by Gasteiger charge is 2.26. The number of β-amino-alcohol motifs (C(OH)–C–C–N with tert-alkyl or cyclic N) is 1. The summed E-state index contributed by atoms with van der Waals surface area (Å²) in [6.45, 7) is 7.06. The second-order valence-electron chi connectivity index (χ2n) is 6.99. The first kappa shape index (κ1) is 18.4. The molecule has 6 heteroatoms. The van der Waals surface area contributed by atoms with Gasteiger partial charge in [0.25, 0.3) is 5.56 Å². The number of benzene rings is 1. The van der Waals surface area contributed by atoms with Crippen molar-refractivity contribution in [2.75, 3.05) is 20.2 Å². The van der Waals surface area contributed by atoms with Gasteiger partial charge < -0.3 is 14.8 Å². The van der Waals surface area contributed by atoms with Gasteiger partial charge in [-0.05, 0) is 24.6 Å². The number of nitrogens with one attached hydrogen (secondary N) is 1. The summed E-state index contributed by atoms with van der Waals surface area (Å²) in [5, 5.41) is 10.2. The molecule has 0 saturated carbocycles.